The molecule has 8 heteroatoms. The Hall–Kier alpha value is -2.64. The van der Waals surface area contributed by atoms with Gasteiger partial charge in [0.1, 0.15) is 5.82 Å². The predicted octanol–water partition coefficient (Wildman–Crippen LogP) is 1.45. The molecule has 1 saturated heterocycles. The third kappa shape index (κ3) is 3.89. The summed E-state index contributed by atoms with van der Waals surface area (Å²) >= 11 is 0. The lowest BCUT2D eigenvalue weighted by atomic mass is 10.1. The van der Waals surface area contributed by atoms with Gasteiger partial charge in [0.15, 0.2) is 5.75 Å². The van der Waals surface area contributed by atoms with Crippen LogP contribution in [0.5, 0.6) is 5.75 Å². The second-order valence-corrected chi connectivity index (χ2v) is 6.39. The molecule has 25 heavy (non-hydrogen) atoms. The summed E-state index contributed by atoms with van der Waals surface area (Å²) in [6, 6.07) is 2.23. The van der Waals surface area contributed by atoms with E-state index in [0.717, 1.165) is 43.6 Å². The third-order valence-corrected chi connectivity index (χ3v) is 4.48. The van der Waals surface area contributed by atoms with Gasteiger partial charge in [-0.1, -0.05) is 0 Å². The number of methoxy groups -OCH3 is 1. The Kier molecular flexibility index (Phi) is 5.16. The van der Waals surface area contributed by atoms with Crippen molar-refractivity contribution in [3.8, 4) is 5.75 Å². The molecule has 3 rings (SSSR count). The van der Waals surface area contributed by atoms with Crippen molar-refractivity contribution in [3.63, 3.8) is 0 Å². The molecule has 0 N–H and O–H groups in total. The molecule has 1 atom stereocenters. The Morgan fingerprint density at radius 2 is 1.92 bits per heavy atom. The molecule has 1 aliphatic rings. The Morgan fingerprint density at radius 3 is 2.60 bits per heavy atom. The fraction of sp³-hybridized carbons (Fsp3) is 0.529. The van der Waals surface area contributed by atoms with E-state index >= 15 is 0 Å². The van der Waals surface area contributed by atoms with E-state index in [1.54, 1.807) is 25.7 Å². The Balaban J connectivity index is 1.72. The summed E-state index contributed by atoms with van der Waals surface area (Å²) in [7, 11) is 7.63. The van der Waals surface area contributed by atoms with Crippen LogP contribution < -0.4 is 19.4 Å². The summed E-state index contributed by atoms with van der Waals surface area (Å²) in [5, 5.41) is 0. The zero-order valence-corrected chi connectivity index (χ0v) is 15.3. The number of piperidine rings is 1. The summed E-state index contributed by atoms with van der Waals surface area (Å²) in [5.74, 6) is 3.06. The van der Waals surface area contributed by atoms with Gasteiger partial charge in [0, 0.05) is 46.5 Å². The number of aromatic nitrogens is 4. The highest BCUT2D eigenvalue weighted by Gasteiger charge is 2.26. The van der Waals surface area contributed by atoms with Crippen LogP contribution in [-0.4, -0.2) is 67.3 Å². The van der Waals surface area contributed by atoms with E-state index in [9.17, 15) is 0 Å². The molecule has 0 amide bonds. The van der Waals surface area contributed by atoms with Crippen molar-refractivity contribution < 1.29 is 4.74 Å². The van der Waals surface area contributed by atoms with Gasteiger partial charge in [-0.15, -0.1) is 0 Å². The monoisotopic (exact) mass is 343 g/mol. The summed E-state index contributed by atoms with van der Waals surface area (Å²) in [6.07, 6.45) is 7.40. The quantitative estimate of drug-likeness (QED) is 0.808. The summed E-state index contributed by atoms with van der Waals surface area (Å²) in [4.78, 5) is 24.2. The first-order valence-corrected chi connectivity index (χ1v) is 8.42. The van der Waals surface area contributed by atoms with Crippen LogP contribution in [0.2, 0.25) is 0 Å². The Morgan fingerprint density at radius 1 is 1.16 bits per heavy atom. The maximum atomic E-state index is 5.13. The molecule has 0 bridgehead atoms. The lowest BCUT2D eigenvalue weighted by molar-refractivity contribution is 0.410. The van der Waals surface area contributed by atoms with Crippen molar-refractivity contribution in [1.82, 2.24) is 19.9 Å². The number of nitrogens with zero attached hydrogens (tertiary/aromatic N) is 7. The molecule has 0 radical (unpaired) electrons. The van der Waals surface area contributed by atoms with Crippen LogP contribution in [0, 0.1) is 0 Å². The summed E-state index contributed by atoms with van der Waals surface area (Å²) < 4.78 is 5.13. The molecule has 0 spiro atoms. The van der Waals surface area contributed by atoms with Gasteiger partial charge in [0.2, 0.25) is 11.9 Å². The summed E-state index contributed by atoms with van der Waals surface area (Å²) in [6.45, 7) is 1.80. The largest absolute Gasteiger partial charge is 0.494 e. The van der Waals surface area contributed by atoms with Crippen LogP contribution in [0.3, 0.4) is 0 Å². The van der Waals surface area contributed by atoms with E-state index in [4.69, 9.17) is 4.74 Å². The highest BCUT2D eigenvalue weighted by atomic mass is 16.5. The standard InChI is InChI=1S/C17H25N7O/c1-22(2)15-7-8-18-17(21-15)23(3)13-6-5-9-24(12-13)16-19-10-14(25-4)11-20-16/h7-8,10-11,13H,5-6,9,12H2,1-4H3. The molecular formula is C17H25N7O. The van der Waals surface area contributed by atoms with Crippen LogP contribution in [-0.2, 0) is 0 Å². The van der Waals surface area contributed by atoms with Gasteiger partial charge in [0.05, 0.1) is 19.5 Å². The lowest BCUT2D eigenvalue weighted by Crippen LogP contribution is -2.47. The van der Waals surface area contributed by atoms with Gasteiger partial charge >= 0.3 is 0 Å². The molecule has 134 valence electrons. The van der Waals surface area contributed by atoms with Crippen molar-refractivity contribution in [1.29, 1.82) is 0 Å². The van der Waals surface area contributed by atoms with E-state index in [2.05, 4.69) is 36.8 Å². The fourth-order valence-corrected chi connectivity index (χ4v) is 2.95. The second-order valence-electron chi connectivity index (χ2n) is 6.39. The predicted molar refractivity (Wildman–Crippen MR) is 98.6 cm³/mol. The van der Waals surface area contributed by atoms with Crippen LogP contribution in [0.25, 0.3) is 0 Å². The number of ether oxygens (including phenoxy) is 1. The average molecular weight is 343 g/mol. The van der Waals surface area contributed by atoms with Crippen molar-refractivity contribution >= 4 is 17.7 Å². The molecular weight excluding hydrogens is 318 g/mol. The Bertz CT molecular complexity index is 692. The van der Waals surface area contributed by atoms with Gasteiger partial charge in [-0.3, -0.25) is 0 Å². The number of rotatable bonds is 5. The smallest absolute Gasteiger partial charge is 0.227 e. The van der Waals surface area contributed by atoms with Crippen molar-refractivity contribution in [2.24, 2.45) is 0 Å². The summed E-state index contributed by atoms with van der Waals surface area (Å²) in [5.41, 5.74) is 0. The number of hydrogen-bond donors (Lipinski definition) is 0. The van der Waals surface area contributed by atoms with Crippen LogP contribution in [0.15, 0.2) is 24.7 Å². The topological polar surface area (TPSA) is 70.5 Å². The SMILES string of the molecule is COc1cnc(N2CCCC(N(C)c3nccc(N(C)C)n3)C2)nc1. The van der Waals surface area contributed by atoms with E-state index < -0.39 is 0 Å². The molecule has 1 fully saturated rings. The zero-order valence-electron chi connectivity index (χ0n) is 15.3. The van der Waals surface area contributed by atoms with Crippen LogP contribution in [0.1, 0.15) is 12.8 Å². The van der Waals surface area contributed by atoms with E-state index in [-0.39, 0.29) is 0 Å². The minimum atomic E-state index is 0.317. The van der Waals surface area contributed by atoms with Gasteiger partial charge in [-0.05, 0) is 18.9 Å². The highest BCUT2D eigenvalue weighted by molar-refractivity contribution is 5.43. The minimum Gasteiger partial charge on any atom is -0.494 e. The van der Waals surface area contributed by atoms with Crippen molar-refractivity contribution in [3.05, 3.63) is 24.7 Å². The van der Waals surface area contributed by atoms with Crippen molar-refractivity contribution in [2.45, 2.75) is 18.9 Å². The van der Waals surface area contributed by atoms with Gasteiger partial charge in [-0.2, -0.15) is 4.98 Å². The Labute approximate surface area is 148 Å². The number of anilines is 3. The van der Waals surface area contributed by atoms with E-state index in [1.165, 1.54) is 0 Å². The van der Waals surface area contributed by atoms with E-state index in [1.807, 2.05) is 25.1 Å². The molecule has 0 aromatic carbocycles. The molecule has 0 saturated carbocycles. The maximum absolute atomic E-state index is 5.13. The normalized spacial score (nSPS) is 17.3. The van der Waals surface area contributed by atoms with Crippen LogP contribution >= 0.6 is 0 Å². The van der Waals surface area contributed by atoms with E-state index in [0.29, 0.717) is 11.8 Å². The second kappa shape index (κ2) is 7.50. The number of hydrogen-bond acceptors (Lipinski definition) is 8. The van der Waals surface area contributed by atoms with Crippen LogP contribution in [0.4, 0.5) is 17.7 Å². The minimum absolute atomic E-state index is 0.317. The fourth-order valence-electron chi connectivity index (χ4n) is 2.95. The van der Waals surface area contributed by atoms with Gasteiger partial charge in [-0.25, -0.2) is 15.0 Å². The highest BCUT2D eigenvalue weighted by Crippen LogP contribution is 2.22. The first-order valence-electron chi connectivity index (χ1n) is 8.42. The first kappa shape index (κ1) is 17.2. The zero-order chi connectivity index (χ0) is 17.8. The van der Waals surface area contributed by atoms with Crippen molar-refractivity contribution in [2.75, 3.05) is 56.0 Å². The average Bonchev–Trinajstić information content (AvgIpc) is 2.67. The maximum Gasteiger partial charge on any atom is 0.227 e. The molecule has 1 unspecified atom stereocenters. The third-order valence-electron chi connectivity index (χ3n) is 4.48. The molecule has 1 aliphatic heterocycles. The lowest BCUT2D eigenvalue weighted by Gasteiger charge is -2.37. The first-order chi connectivity index (χ1) is 12.1. The molecule has 2 aromatic rings. The number of likely N-dealkylation sites (N-methyl/N-ethyl adjacent to an activating group) is 1. The molecule has 8 nitrogen and oxygen atoms in total. The molecule has 0 aliphatic carbocycles. The molecule has 3 heterocycles. The molecule has 2 aromatic heterocycles. The van der Waals surface area contributed by atoms with Gasteiger partial charge in [0.25, 0.3) is 0 Å². The van der Waals surface area contributed by atoms with Gasteiger partial charge < -0.3 is 19.4 Å².